The summed E-state index contributed by atoms with van der Waals surface area (Å²) in [6, 6.07) is 10.0. The predicted molar refractivity (Wildman–Crippen MR) is 80.7 cm³/mol. The largest absolute Gasteiger partial charge is 0.426 e. The average molecular weight is 300 g/mol. The molecule has 0 saturated carbocycles. The van der Waals surface area contributed by atoms with Crippen molar-refractivity contribution in [1.29, 1.82) is 0 Å². The molecule has 1 aromatic carbocycles. The second-order valence-electron chi connectivity index (χ2n) is 5.50. The molecule has 0 bridgehead atoms. The van der Waals surface area contributed by atoms with E-state index in [-0.39, 0.29) is 18.0 Å². The molecule has 1 aromatic heterocycles. The average Bonchev–Trinajstić information content (AvgIpc) is 3.01. The predicted octanol–water partition coefficient (Wildman–Crippen LogP) is 1.91. The lowest BCUT2D eigenvalue weighted by molar-refractivity contribution is -0.136. The van der Waals surface area contributed by atoms with Gasteiger partial charge in [0.25, 0.3) is 0 Å². The van der Waals surface area contributed by atoms with E-state index in [0.717, 1.165) is 24.8 Å². The summed E-state index contributed by atoms with van der Waals surface area (Å²) in [6.45, 7) is 0.344. The molecule has 1 aliphatic heterocycles. The number of hydrogen-bond acceptors (Lipinski definition) is 5. The highest BCUT2D eigenvalue weighted by Crippen LogP contribution is 2.31. The van der Waals surface area contributed by atoms with Gasteiger partial charge in [-0.1, -0.05) is 30.3 Å². The van der Waals surface area contributed by atoms with Gasteiger partial charge in [0.15, 0.2) is 0 Å². The highest BCUT2D eigenvalue weighted by atomic mass is 16.4. The fourth-order valence-corrected chi connectivity index (χ4v) is 3.04. The summed E-state index contributed by atoms with van der Waals surface area (Å²) in [5, 5.41) is 10.7. The monoisotopic (exact) mass is 300 g/mol. The number of carbonyl (C=O) groups is 1. The molecule has 2 unspecified atom stereocenters. The molecule has 6 nitrogen and oxygen atoms in total. The summed E-state index contributed by atoms with van der Waals surface area (Å²) in [6.07, 6.45) is 4.07. The number of carbonyl (C=O) groups excluding carboxylic acids is 1. The van der Waals surface area contributed by atoms with Crippen molar-refractivity contribution in [2.45, 2.75) is 37.9 Å². The third-order valence-electron chi connectivity index (χ3n) is 4.17. The van der Waals surface area contributed by atoms with Crippen molar-refractivity contribution in [3.05, 3.63) is 48.2 Å². The molecule has 0 aliphatic carbocycles. The summed E-state index contributed by atoms with van der Waals surface area (Å²) in [4.78, 5) is 14.7. The lowest BCUT2D eigenvalue weighted by atomic mass is 10.0. The van der Waals surface area contributed by atoms with Crippen LogP contribution in [0.4, 0.5) is 0 Å². The quantitative estimate of drug-likeness (QED) is 0.934. The first-order chi connectivity index (χ1) is 10.8. The molecule has 2 aromatic rings. The Morgan fingerprint density at radius 3 is 2.82 bits per heavy atom. The maximum absolute atomic E-state index is 12.9. The van der Waals surface area contributed by atoms with Gasteiger partial charge < -0.3 is 14.6 Å². The number of benzene rings is 1. The number of likely N-dealkylation sites (N-methyl/N-ethyl adjacent to an activating group) is 1. The molecule has 1 fully saturated rings. The molecule has 116 valence electrons. The molecule has 0 spiro atoms. The Hall–Kier alpha value is -2.21. The smallest absolute Gasteiger partial charge is 0.240 e. The number of hydrogen-bond donors (Lipinski definition) is 1. The molecular formula is C16H20N4O2. The van der Waals surface area contributed by atoms with E-state index in [0.29, 0.717) is 12.4 Å². The van der Waals surface area contributed by atoms with Gasteiger partial charge in [0.2, 0.25) is 18.2 Å². The second kappa shape index (κ2) is 6.70. The lowest BCUT2D eigenvalue weighted by Gasteiger charge is -2.31. The molecule has 0 radical (unpaired) electrons. The van der Waals surface area contributed by atoms with Gasteiger partial charge in [0.1, 0.15) is 0 Å². The Morgan fingerprint density at radius 2 is 2.14 bits per heavy atom. The van der Waals surface area contributed by atoms with Crippen molar-refractivity contribution in [3.8, 4) is 0 Å². The topological polar surface area (TPSA) is 71.3 Å². The van der Waals surface area contributed by atoms with Gasteiger partial charge in [0.05, 0.1) is 18.6 Å². The zero-order chi connectivity index (χ0) is 15.4. The van der Waals surface area contributed by atoms with Crippen LogP contribution in [-0.4, -0.2) is 34.1 Å². The normalized spacial score (nSPS) is 22.6. The number of aromatic nitrogens is 2. The zero-order valence-electron chi connectivity index (χ0n) is 12.6. The van der Waals surface area contributed by atoms with Crippen LogP contribution in [-0.2, 0) is 11.3 Å². The minimum Gasteiger partial charge on any atom is -0.426 e. The van der Waals surface area contributed by atoms with E-state index in [4.69, 9.17) is 4.42 Å². The van der Waals surface area contributed by atoms with Crippen LogP contribution < -0.4 is 5.32 Å². The van der Waals surface area contributed by atoms with Crippen LogP contribution >= 0.6 is 0 Å². The van der Waals surface area contributed by atoms with E-state index < -0.39 is 0 Å². The molecule has 1 aliphatic rings. The fourth-order valence-electron chi connectivity index (χ4n) is 3.04. The van der Waals surface area contributed by atoms with Crippen LogP contribution in [0.2, 0.25) is 0 Å². The molecule has 1 saturated heterocycles. The minimum absolute atomic E-state index is 0.0407. The molecular weight excluding hydrogens is 280 g/mol. The summed E-state index contributed by atoms with van der Waals surface area (Å²) in [5.41, 5.74) is 1.15. The summed E-state index contributed by atoms with van der Waals surface area (Å²) in [7, 11) is 1.83. The van der Waals surface area contributed by atoms with E-state index >= 15 is 0 Å². The van der Waals surface area contributed by atoms with Crippen molar-refractivity contribution < 1.29 is 9.21 Å². The number of likely N-dealkylation sites (tertiary alicyclic amines) is 1. The molecule has 2 atom stereocenters. The highest BCUT2D eigenvalue weighted by molar-refractivity contribution is 5.82. The third kappa shape index (κ3) is 3.01. The Bertz CT molecular complexity index is 600. The van der Waals surface area contributed by atoms with Gasteiger partial charge >= 0.3 is 0 Å². The van der Waals surface area contributed by atoms with Crippen molar-refractivity contribution in [3.63, 3.8) is 0 Å². The number of rotatable bonds is 4. The van der Waals surface area contributed by atoms with Gasteiger partial charge in [0, 0.05) is 0 Å². The summed E-state index contributed by atoms with van der Waals surface area (Å²) in [5.74, 6) is 0.554. The first-order valence-corrected chi connectivity index (χ1v) is 7.57. The van der Waals surface area contributed by atoms with E-state index in [2.05, 4.69) is 27.6 Å². The van der Waals surface area contributed by atoms with Crippen LogP contribution in [0.5, 0.6) is 0 Å². The minimum atomic E-state index is -0.156. The molecule has 6 heteroatoms. The van der Waals surface area contributed by atoms with Crippen LogP contribution in [0.3, 0.4) is 0 Å². The number of nitrogens with zero attached hydrogens (tertiary/aromatic N) is 3. The van der Waals surface area contributed by atoms with E-state index in [1.807, 2.05) is 30.1 Å². The Morgan fingerprint density at radius 1 is 1.32 bits per heavy atom. The fraction of sp³-hybridized carbons (Fsp3) is 0.438. The Kier molecular flexibility index (Phi) is 4.48. The van der Waals surface area contributed by atoms with E-state index in [1.165, 1.54) is 6.39 Å². The maximum atomic E-state index is 12.9. The molecule has 3 rings (SSSR count). The number of nitrogens with one attached hydrogen (secondary N) is 1. The summed E-state index contributed by atoms with van der Waals surface area (Å²) < 4.78 is 5.24. The van der Waals surface area contributed by atoms with Crippen LogP contribution in [0.15, 0.2) is 41.1 Å². The van der Waals surface area contributed by atoms with Gasteiger partial charge in [-0.25, -0.2) is 0 Å². The molecule has 1 N–H and O–H groups in total. The van der Waals surface area contributed by atoms with Crippen molar-refractivity contribution >= 4 is 5.91 Å². The van der Waals surface area contributed by atoms with Gasteiger partial charge in [-0.05, 0) is 31.9 Å². The Balaban J connectivity index is 1.92. The van der Waals surface area contributed by atoms with Crippen LogP contribution in [0.1, 0.15) is 36.8 Å². The highest BCUT2D eigenvalue weighted by Gasteiger charge is 2.33. The van der Waals surface area contributed by atoms with Crippen molar-refractivity contribution in [2.75, 3.05) is 7.05 Å². The van der Waals surface area contributed by atoms with Crippen molar-refractivity contribution in [2.24, 2.45) is 0 Å². The standard InChI is InChI=1S/C16H20N4O2/c1-17-13-8-5-9-14(12-6-3-2-4-7-12)20(16(13)21)10-15-19-18-11-22-15/h2-4,6-7,11,13-14,17H,5,8-10H2,1H3. The zero-order valence-corrected chi connectivity index (χ0v) is 12.6. The van der Waals surface area contributed by atoms with Gasteiger partial charge in [-0.3, -0.25) is 4.79 Å². The Labute approximate surface area is 129 Å². The SMILES string of the molecule is CNC1CCCC(c2ccccc2)N(Cc2nnco2)C1=O. The summed E-state index contributed by atoms with van der Waals surface area (Å²) >= 11 is 0. The van der Waals surface area contributed by atoms with Gasteiger partial charge in [-0.2, -0.15) is 0 Å². The molecule has 22 heavy (non-hydrogen) atoms. The van der Waals surface area contributed by atoms with Crippen LogP contribution in [0, 0.1) is 0 Å². The maximum Gasteiger partial charge on any atom is 0.240 e. The van der Waals surface area contributed by atoms with E-state index in [1.54, 1.807) is 0 Å². The first-order valence-electron chi connectivity index (χ1n) is 7.57. The van der Waals surface area contributed by atoms with E-state index in [9.17, 15) is 4.79 Å². The molecule has 2 heterocycles. The van der Waals surface area contributed by atoms with Gasteiger partial charge in [-0.15, -0.1) is 10.2 Å². The van der Waals surface area contributed by atoms with Crippen LogP contribution in [0.25, 0.3) is 0 Å². The molecule has 1 amide bonds. The first kappa shape index (κ1) is 14.7. The second-order valence-corrected chi connectivity index (χ2v) is 5.50. The van der Waals surface area contributed by atoms with Crippen molar-refractivity contribution in [1.82, 2.24) is 20.4 Å². The lowest BCUT2D eigenvalue weighted by Crippen LogP contribution is -2.44. The number of amides is 1. The third-order valence-corrected chi connectivity index (χ3v) is 4.17.